The van der Waals surface area contributed by atoms with Crippen LogP contribution in [0.15, 0.2) is 48.8 Å². The van der Waals surface area contributed by atoms with Gasteiger partial charge in [0.2, 0.25) is 0 Å². The molecule has 0 bridgehead atoms. The smallest absolute Gasteiger partial charge is 2.00 e. The van der Waals surface area contributed by atoms with Crippen molar-refractivity contribution in [3.63, 3.8) is 0 Å². The molecular weight excluding hydrogens is 335 g/mol. The van der Waals surface area contributed by atoms with Gasteiger partial charge in [-0.05, 0) is 88.5 Å². The monoisotopic (exact) mass is 353 g/mol. The molecule has 2 aromatic heterocycles. The van der Waals surface area contributed by atoms with E-state index in [0.29, 0.717) is 0 Å². The normalized spacial score (nSPS) is 14.8. The second-order valence-electron chi connectivity index (χ2n) is 4.35. The number of aromatic nitrogens is 2. The van der Waals surface area contributed by atoms with Crippen molar-refractivity contribution < 1.29 is 24.0 Å². The summed E-state index contributed by atoms with van der Waals surface area (Å²) in [7, 11) is 0. The first-order valence-electron chi connectivity index (χ1n) is 7.12. The Balaban J connectivity index is 0.000000370. The van der Waals surface area contributed by atoms with Gasteiger partial charge in [-0.25, -0.2) is 0 Å². The van der Waals surface area contributed by atoms with E-state index in [2.05, 4.69) is 9.97 Å². The molecular formula is C20H18N2OV+2. The Morgan fingerprint density at radius 2 is 0.750 bits per heavy atom. The van der Waals surface area contributed by atoms with Gasteiger partial charge in [0.25, 0.3) is 0 Å². The summed E-state index contributed by atoms with van der Waals surface area (Å²) in [5.41, 5.74) is 1.83. The molecule has 0 saturated heterocycles. The van der Waals surface area contributed by atoms with Gasteiger partial charge in [-0.2, -0.15) is 0 Å². The van der Waals surface area contributed by atoms with Gasteiger partial charge in [0.15, 0.2) is 0 Å². The predicted molar refractivity (Wildman–Crippen MR) is 91.2 cm³/mol. The van der Waals surface area contributed by atoms with Crippen LogP contribution in [0.3, 0.4) is 0 Å². The van der Waals surface area contributed by atoms with E-state index >= 15 is 0 Å². The Hall–Kier alpha value is -1.16. The van der Waals surface area contributed by atoms with Crippen molar-refractivity contribution in [1.82, 2.24) is 9.97 Å². The average molecular weight is 353 g/mol. The van der Waals surface area contributed by atoms with Gasteiger partial charge in [-0.1, -0.05) is 12.1 Å². The number of rotatable bonds is 1. The first kappa shape index (κ1) is 22.8. The minimum atomic E-state index is 0. The van der Waals surface area contributed by atoms with Crippen molar-refractivity contribution in [2.24, 2.45) is 0 Å². The Morgan fingerprint density at radius 3 is 0.958 bits per heavy atom. The van der Waals surface area contributed by atoms with Crippen molar-refractivity contribution in [3.05, 3.63) is 113 Å². The number of hydrogen-bond acceptors (Lipinski definition) is 2. The largest absolute Gasteiger partial charge is 4.00 e. The van der Waals surface area contributed by atoms with Crippen molar-refractivity contribution >= 4 is 0 Å². The maximum Gasteiger partial charge on any atom is 4.00 e. The zero-order chi connectivity index (χ0) is 15.3. The molecule has 0 aromatic carbocycles. The second kappa shape index (κ2) is 15.4. The topological polar surface area (TPSA) is 54.3 Å². The molecule has 117 valence electrons. The van der Waals surface area contributed by atoms with E-state index in [1.54, 1.807) is 12.4 Å². The van der Waals surface area contributed by atoms with E-state index in [9.17, 15) is 0 Å². The zero-order valence-corrected chi connectivity index (χ0v) is 14.5. The predicted octanol–water partition coefficient (Wildman–Crippen LogP) is 4.07. The summed E-state index contributed by atoms with van der Waals surface area (Å²) in [4.78, 5) is 8.37. The van der Waals surface area contributed by atoms with Gasteiger partial charge >= 0.3 is 18.6 Å². The third-order valence-electron chi connectivity index (χ3n) is 2.70. The van der Waals surface area contributed by atoms with Gasteiger partial charge in [-0.3, -0.25) is 9.97 Å². The summed E-state index contributed by atoms with van der Waals surface area (Å²) in [6.45, 7) is 0. The minimum absolute atomic E-state index is 0. The van der Waals surface area contributed by atoms with Crippen molar-refractivity contribution in [2.45, 2.75) is 0 Å². The van der Waals surface area contributed by atoms with Gasteiger partial charge in [0.05, 0.1) is 11.4 Å². The van der Waals surface area contributed by atoms with Crippen LogP contribution in [0.4, 0.5) is 0 Å². The summed E-state index contributed by atoms with van der Waals surface area (Å²) in [5.74, 6) is 0. The molecule has 0 amide bonds. The standard InChI is InChI=1S/C10H8N2.2C5H5.O.V/c1-3-7-11-9(5-1)10-6-2-4-8-12-10;2*1-2-4-5-3-1;;/h1-8H;2*1-5H;;/q;;;-2;+4. The molecule has 0 aliphatic heterocycles. The van der Waals surface area contributed by atoms with E-state index in [1.165, 1.54) is 0 Å². The van der Waals surface area contributed by atoms with E-state index in [-0.39, 0.29) is 24.0 Å². The number of nitrogens with zero attached hydrogens (tertiary/aromatic N) is 2. The van der Waals surface area contributed by atoms with E-state index in [0.717, 1.165) is 11.4 Å². The zero-order valence-electron chi connectivity index (χ0n) is 13.1. The SMILES string of the molecule is [CH]1[CH][CH][CH][CH]1.[CH]1[CH][CH][CH][CH]1.[O-2].[V+4].c1ccc(-c2ccccn2)nc1. The van der Waals surface area contributed by atoms with Crippen molar-refractivity contribution in [1.29, 1.82) is 0 Å². The summed E-state index contributed by atoms with van der Waals surface area (Å²) < 4.78 is 0. The summed E-state index contributed by atoms with van der Waals surface area (Å²) in [6, 6.07) is 11.6. The third-order valence-corrected chi connectivity index (χ3v) is 2.70. The first-order chi connectivity index (χ1) is 11.0. The minimum Gasteiger partial charge on any atom is -2.00 e. The van der Waals surface area contributed by atoms with Crippen LogP contribution in [0.2, 0.25) is 0 Å². The molecule has 3 nitrogen and oxygen atoms in total. The van der Waals surface area contributed by atoms with Crippen LogP contribution in [0, 0.1) is 64.2 Å². The molecule has 0 spiro atoms. The van der Waals surface area contributed by atoms with Crippen molar-refractivity contribution in [3.8, 4) is 11.4 Å². The van der Waals surface area contributed by atoms with Crippen molar-refractivity contribution in [2.75, 3.05) is 0 Å². The van der Waals surface area contributed by atoms with Gasteiger partial charge in [0.1, 0.15) is 0 Å². The van der Waals surface area contributed by atoms with Crippen LogP contribution in [0.5, 0.6) is 0 Å². The molecule has 4 heteroatoms. The molecule has 11 radical (unpaired) electrons. The van der Waals surface area contributed by atoms with Crippen LogP contribution < -0.4 is 0 Å². The maximum absolute atomic E-state index is 4.19. The molecule has 0 N–H and O–H groups in total. The molecule has 0 unspecified atom stereocenters. The van der Waals surface area contributed by atoms with Gasteiger partial charge < -0.3 is 5.48 Å². The molecule has 2 heterocycles. The molecule has 24 heavy (non-hydrogen) atoms. The summed E-state index contributed by atoms with van der Waals surface area (Å²) in [5, 5.41) is 0. The van der Waals surface area contributed by atoms with Gasteiger partial charge in [-0.15, -0.1) is 0 Å². The van der Waals surface area contributed by atoms with Crippen LogP contribution in [-0.2, 0) is 24.0 Å². The quantitative estimate of drug-likeness (QED) is 0.776. The summed E-state index contributed by atoms with van der Waals surface area (Å²) >= 11 is 0. The van der Waals surface area contributed by atoms with Crippen LogP contribution in [0.1, 0.15) is 0 Å². The molecule has 4 rings (SSSR count). The fraction of sp³-hybridized carbons (Fsp3) is 0. The van der Waals surface area contributed by atoms with Crippen LogP contribution >= 0.6 is 0 Å². The van der Waals surface area contributed by atoms with Crippen LogP contribution in [-0.4, -0.2) is 9.97 Å². The van der Waals surface area contributed by atoms with Gasteiger partial charge in [0, 0.05) is 12.4 Å². The van der Waals surface area contributed by atoms with E-state index < -0.39 is 0 Å². The maximum atomic E-state index is 4.19. The molecule has 2 aliphatic carbocycles. The number of pyridine rings is 2. The van der Waals surface area contributed by atoms with E-state index in [4.69, 9.17) is 0 Å². The fourth-order valence-corrected chi connectivity index (χ4v) is 1.67. The number of hydrogen-bond donors (Lipinski definition) is 0. The van der Waals surface area contributed by atoms with E-state index in [1.807, 2.05) is 101 Å². The summed E-state index contributed by atoms with van der Waals surface area (Å²) in [6.07, 6.45) is 23.5. The second-order valence-corrected chi connectivity index (χ2v) is 4.35. The Morgan fingerprint density at radius 1 is 0.458 bits per heavy atom. The molecule has 0 atom stereocenters. The molecule has 2 aromatic rings. The fourth-order valence-electron chi connectivity index (χ4n) is 1.67. The third kappa shape index (κ3) is 9.87. The average Bonchev–Trinajstić information content (AvgIpc) is 3.34. The Bertz CT molecular complexity index is 423. The molecule has 2 saturated carbocycles. The first-order valence-corrected chi connectivity index (χ1v) is 7.12. The van der Waals surface area contributed by atoms with Crippen LogP contribution in [0.25, 0.3) is 11.4 Å². The Kier molecular flexibility index (Phi) is 14.6. The Labute approximate surface area is 158 Å². The molecule has 2 aliphatic rings. The molecule has 2 fully saturated rings.